The van der Waals surface area contributed by atoms with Crippen molar-refractivity contribution in [3.63, 3.8) is 0 Å². The molecule has 854 valence electrons. The van der Waals surface area contributed by atoms with E-state index in [2.05, 4.69) is 104 Å². The van der Waals surface area contributed by atoms with E-state index in [9.17, 15) is 38.4 Å². The van der Waals surface area contributed by atoms with Crippen LogP contribution in [0.15, 0.2) is 0 Å². The Kier molecular flexibility index (Phi) is 46.2. The maximum atomic E-state index is 12.0. The van der Waals surface area contributed by atoms with Crippen LogP contribution in [0.1, 0.15) is 452 Å². The van der Waals surface area contributed by atoms with Gasteiger partial charge < -0.3 is 75.8 Å². The van der Waals surface area contributed by atoms with Gasteiger partial charge in [0.15, 0.2) is 34.0 Å². The van der Waals surface area contributed by atoms with E-state index in [4.69, 9.17) is 75.8 Å². The van der Waals surface area contributed by atoms with Crippen LogP contribution in [0, 0.1) is 184 Å². The number of ether oxygens (including phenoxy) is 16. The first-order valence-electron chi connectivity index (χ1n) is 60.0. The molecule has 3 heterocycles. The predicted molar refractivity (Wildman–Crippen MR) is 576 cm³/mol. The largest absolute Gasteiger partial charge is 0.438 e. The van der Waals surface area contributed by atoms with Crippen LogP contribution in [0.2, 0.25) is 0 Å². The summed E-state index contributed by atoms with van der Waals surface area (Å²) in [7, 11) is 0. The summed E-state index contributed by atoms with van der Waals surface area (Å²) in [5, 5.41) is 0. The predicted octanol–water partition coefficient (Wildman–Crippen LogP) is 28.3. The van der Waals surface area contributed by atoms with Crippen LogP contribution in [0.25, 0.3) is 0 Å². The summed E-state index contributed by atoms with van der Waals surface area (Å²) in [5.41, 5.74) is 1.93. The minimum Gasteiger partial charge on any atom is -0.438 e. The zero-order chi connectivity index (χ0) is 109. The van der Waals surface area contributed by atoms with Crippen molar-refractivity contribution < 1.29 is 114 Å². The van der Waals surface area contributed by atoms with Crippen LogP contribution in [-0.4, -0.2) is 151 Å². The fourth-order valence-electron chi connectivity index (χ4n) is 30.6. The molecule has 12 bridgehead atoms. The lowest BCUT2D eigenvalue weighted by Crippen LogP contribution is -2.53. The Morgan fingerprint density at radius 2 is 0.743 bits per heavy atom. The smallest absolute Gasteiger partial charge is 0.310 e. The van der Waals surface area contributed by atoms with Crippen LogP contribution >= 0.6 is 0 Å². The molecule has 24 nitrogen and oxygen atoms in total. The standard InChI is InChI=1S/C18H30O3.C16H28O3.C16H30O3.C15H24O3.2C15H26O3.C15H28O3.C14H22O3/c1-4-12(2)17(19)21-11-20-10-18(3)15-6-13-5-14(8-15)9-16(18)7-13;1-6-11(2)13(17)18-10-19-14-15(3,4)12-7-8-16(14,5)9-12;1-7-12(2)13(17)18-11-19-14-15(3,4)9-8-10-16(14,5)6;1-4-9(2)13(16)18-14-15(3)11-6-5-10(7-11)12(15)8-17-14;1-4-11(2)14(16)18-10-17-9-15(3)8-12-5-6-13(15)7-12;1-4-11(2)13(16)18-14-15(10-12(3)17-14)8-6-5-7-9-15;1-7-11(2)12(16)17-10-18-13-14(3,4)8-9-15(13,5)6;1-3-8(2)13(15)17-14-12-10-5-4-9(6-10)11(12)7-16-14/h12-16H,4-11H2,1-3H3;11-12,14H,6-10H2,1-5H3;12,14H,7-11H2,1-6H3;9-12,14H,4-8H2,1-3H3;11-13H,4-10H2,1-3H3;11-12,14H,4-10H2,1-3H3;11,13H,7-10H2,1-6H3;8-12,14H,3-7H2,1-2H3. The molecule has 26 atom stereocenters. The van der Waals surface area contributed by atoms with Crippen molar-refractivity contribution >= 4 is 47.8 Å². The molecule has 15 saturated carbocycles. The average molecular weight is 2090 g/mol. The maximum absolute atomic E-state index is 12.0. The van der Waals surface area contributed by atoms with E-state index in [1.54, 1.807) is 0 Å². The van der Waals surface area contributed by atoms with E-state index in [1.807, 2.05) is 111 Å². The Balaban J connectivity index is 0.000000173. The summed E-state index contributed by atoms with van der Waals surface area (Å²) in [4.78, 5) is 93.7. The van der Waals surface area contributed by atoms with Gasteiger partial charge >= 0.3 is 47.8 Å². The summed E-state index contributed by atoms with van der Waals surface area (Å²) in [6.45, 7) is 68.8. The second-order valence-corrected chi connectivity index (χ2v) is 54.9. The second kappa shape index (κ2) is 54.6. The molecule has 0 N–H and O–H groups in total. The summed E-state index contributed by atoms with van der Waals surface area (Å²) in [6.07, 6.45) is 43.8. The third-order valence-electron chi connectivity index (χ3n) is 41.8. The zero-order valence-electron chi connectivity index (χ0n) is 99.1. The highest BCUT2D eigenvalue weighted by atomic mass is 16.7. The topological polar surface area (TPSA) is 284 Å². The second-order valence-electron chi connectivity index (χ2n) is 54.9. The van der Waals surface area contributed by atoms with Gasteiger partial charge in [-0.1, -0.05) is 240 Å². The molecule has 0 aromatic carbocycles. The molecule has 148 heavy (non-hydrogen) atoms. The highest BCUT2D eigenvalue weighted by Crippen LogP contribution is 2.67. The fourth-order valence-corrected chi connectivity index (χ4v) is 30.6. The van der Waals surface area contributed by atoms with Gasteiger partial charge in [-0.05, 0) is 333 Å². The van der Waals surface area contributed by atoms with Crippen LogP contribution in [0.4, 0.5) is 0 Å². The fraction of sp³-hybridized carbons (Fsp3) is 0.935. The van der Waals surface area contributed by atoms with Gasteiger partial charge in [0.1, 0.15) is 0 Å². The third-order valence-corrected chi connectivity index (χ3v) is 41.8. The molecule has 0 aromatic rings. The molecular weight excluding hydrogens is 1870 g/mol. The van der Waals surface area contributed by atoms with Crippen molar-refractivity contribution in [1.29, 1.82) is 0 Å². The molecule has 15 aliphatic carbocycles. The number of rotatable bonds is 36. The number of fused-ring (bicyclic) bond motifs is 14. The first-order valence-corrected chi connectivity index (χ1v) is 60.0. The van der Waals surface area contributed by atoms with E-state index in [0.717, 1.165) is 169 Å². The molecule has 0 radical (unpaired) electrons. The van der Waals surface area contributed by atoms with E-state index < -0.39 is 0 Å². The van der Waals surface area contributed by atoms with E-state index in [0.29, 0.717) is 34.5 Å². The Bertz CT molecular complexity index is 4030. The molecule has 18 rings (SSSR count). The first kappa shape index (κ1) is 125. The van der Waals surface area contributed by atoms with Gasteiger partial charge in [-0.2, -0.15) is 0 Å². The Labute approximate surface area is 897 Å². The van der Waals surface area contributed by atoms with Gasteiger partial charge in [0.05, 0.1) is 98.2 Å². The van der Waals surface area contributed by atoms with Crippen molar-refractivity contribution in [2.45, 2.75) is 495 Å². The van der Waals surface area contributed by atoms with Crippen LogP contribution in [0.5, 0.6) is 0 Å². The van der Waals surface area contributed by atoms with Gasteiger partial charge in [-0.15, -0.1) is 0 Å². The molecule has 18 aliphatic rings. The number of carbonyl (C=O) groups excluding carboxylic acids is 8. The van der Waals surface area contributed by atoms with Crippen LogP contribution in [-0.2, 0) is 114 Å². The molecule has 3 aliphatic heterocycles. The lowest BCUT2D eigenvalue weighted by Gasteiger charge is -2.60. The van der Waals surface area contributed by atoms with Crippen LogP contribution in [0.3, 0.4) is 0 Å². The van der Waals surface area contributed by atoms with Crippen molar-refractivity contribution in [1.82, 2.24) is 0 Å². The molecule has 0 amide bonds. The van der Waals surface area contributed by atoms with Gasteiger partial charge in [0, 0.05) is 16.7 Å². The van der Waals surface area contributed by atoms with Crippen molar-refractivity contribution in [2.24, 2.45) is 184 Å². The first-order chi connectivity index (χ1) is 69.6. The molecule has 1 spiro atoms. The highest BCUT2D eigenvalue weighted by molar-refractivity contribution is 5.75. The number of hydrogen-bond donors (Lipinski definition) is 0. The quantitative estimate of drug-likeness (QED) is 0.0244. The number of hydrogen-bond acceptors (Lipinski definition) is 24. The Hall–Kier alpha value is -4.56. The Morgan fingerprint density at radius 1 is 0.331 bits per heavy atom. The minimum atomic E-state index is -0.297. The maximum Gasteiger partial charge on any atom is 0.310 e. The number of esters is 8. The number of carbonyl (C=O) groups is 8. The summed E-state index contributed by atoms with van der Waals surface area (Å²) in [6, 6.07) is 0. The van der Waals surface area contributed by atoms with E-state index >= 15 is 0 Å². The monoisotopic (exact) mass is 2090 g/mol. The van der Waals surface area contributed by atoms with Crippen molar-refractivity contribution in [3.8, 4) is 0 Å². The molecule has 24 heteroatoms. The van der Waals surface area contributed by atoms with E-state index in [-0.39, 0.29) is 216 Å². The van der Waals surface area contributed by atoms with Crippen LogP contribution < -0.4 is 0 Å². The molecule has 18 fully saturated rings. The normalized spacial score (nSPS) is 35.9. The van der Waals surface area contributed by atoms with Gasteiger partial charge in [-0.25, -0.2) is 0 Å². The zero-order valence-corrected chi connectivity index (χ0v) is 99.1. The summed E-state index contributed by atoms with van der Waals surface area (Å²) < 4.78 is 89.5. The third kappa shape index (κ3) is 30.9. The lowest BCUT2D eigenvalue weighted by atomic mass is 9.46. The van der Waals surface area contributed by atoms with E-state index in [1.165, 1.54) is 154 Å². The minimum absolute atomic E-state index is 0.00348. The summed E-state index contributed by atoms with van der Waals surface area (Å²) >= 11 is 0. The van der Waals surface area contributed by atoms with Gasteiger partial charge in [0.2, 0.25) is 18.9 Å². The molecule has 26 unspecified atom stereocenters. The highest BCUT2D eigenvalue weighted by Gasteiger charge is 2.66. The Morgan fingerprint density at radius 3 is 1.19 bits per heavy atom. The molecular formula is C124H214O24. The molecule has 3 saturated heterocycles. The van der Waals surface area contributed by atoms with Gasteiger partial charge in [0.25, 0.3) is 0 Å². The summed E-state index contributed by atoms with van der Waals surface area (Å²) in [5.74, 6) is 9.83. The van der Waals surface area contributed by atoms with Crippen molar-refractivity contribution in [2.75, 3.05) is 60.4 Å². The van der Waals surface area contributed by atoms with Crippen molar-refractivity contribution in [3.05, 3.63) is 0 Å². The SMILES string of the molecule is CCC(C)C(=O)OC1OC(C)CC12CCCCC2.CCC(C)C(=O)OC1OCC2C3CCC(C3)C12.CCC(C)C(=O)OC1OCC2C3CCC(C3)C12C.CCC(C)C(=O)OCOC1C(C)(C)CCC1(C)C.CCC(C)C(=O)OCOC1C(C)(C)CCCC1(C)C.CCC(C)C(=O)OCOC1C2(C)CCC(C2)C1(C)C.CCC(C)C(=O)OCOCC1(C)C2CC3CC(C2)CC1C3.CCC(C)C(=O)OCOCC1(C)CC2CCC1C2. The van der Waals surface area contributed by atoms with Gasteiger partial charge in [-0.3, -0.25) is 38.4 Å². The molecule has 0 aromatic heterocycles. The lowest BCUT2D eigenvalue weighted by molar-refractivity contribution is -0.199. The average Bonchev–Trinajstić information content (AvgIpc) is 1.66.